The second-order valence-electron chi connectivity index (χ2n) is 6.56. The van der Waals surface area contributed by atoms with Crippen LogP contribution < -0.4 is 14.4 Å². The Kier molecular flexibility index (Phi) is 4.87. The van der Waals surface area contributed by atoms with Gasteiger partial charge in [0, 0.05) is 36.6 Å². The highest BCUT2D eigenvalue weighted by atomic mass is 19.1. The average molecular weight is 401 g/mol. The van der Waals surface area contributed by atoms with Crippen LogP contribution in [0.15, 0.2) is 40.9 Å². The number of methoxy groups -OCH3 is 2. The zero-order chi connectivity index (χ0) is 20.5. The van der Waals surface area contributed by atoms with Gasteiger partial charge in [0.2, 0.25) is 5.91 Å². The van der Waals surface area contributed by atoms with Crippen LogP contribution >= 0.6 is 0 Å². The second-order valence-corrected chi connectivity index (χ2v) is 6.56. The van der Waals surface area contributed by atoms with Gasteiger partial charge in [-0.3, -0.25) is 4.79 Å². The van der Waals surface area contributed by atoms with Gasteiger partial charge in [-0.15, -0.1) is 0 Å². The fraction of sp³-hybridized carbons (Fsp3) is 0.250. The van der Waals surface area contributed by atoms with Crippen LogP contribution in [0.25, 0.3) is 11.5 Å². The molecule has 0 radical (unpaired) electrons. The standard InChI is InChI=1S/C20H17F2N3O4/c1-27-14-5-11(6-15(9-14)28-2)20-23-19(24-29-20)12-7-18(26)25(10-12)17-4-3-13(21)8-16(17)22/h3-6,8-9,12H,7,10H2,1-2H3. The number of halogens is 2. The number of ether oxygens (including phenoxy) is 2. The Morgan fingerprint density at radius 1 is 1.10 bits per heavy atom. The molecule has 9 heteroatoms. The molecule has 1 aromatic heterocycles. The van der Waals surface area contributed by atoms with Crippen molar-refractivity contribution in [2.45, 2.75) is 12.3 Å². The normalized spacial score (nSPS) is 16.3. The number of carbonyl (C=O) groups excluding carboxylic acids is 1. The van der Waals surface area contributed by atoms with Crippen molar-refractivity contribution in [1.29, 1.82) is 0 Å². The van der Waals surface area contributed by atoms with Crippen molar-refractivity contribution in [3.63, 3.8) is 0 Å². The first-order chi connectivity index (χ1) is 14.0. The highest BCUT2D eigenvalue weighted by molar-refractivity contribution is 5.96. The Labute approximate surface area is 164 Å². The maximum Gasteiger partial charge on any atom is 0.258 e. The quantitative estimate of drug-likeness (QED) is 0.651. The lowest BCUT2D eigenvalue weighted by Gasteiger charge is -2.16. The number of rotatable bonds is 5. The van der Waals surface area contributed by atoms with Crippen molar-refractivity contribution in [3.8, 4) is 23.0 Å². The van der Waals surface area contributed by atoms with E-state index in [1.807, 2.05) is 0 Å². The van der Waals surface area contributed by atoms with Crippen molar-refractivity contribution >= 4 is 11.6 Å². The third-order valence-electron chi connectivity index (χ3n) is 4.73. The number of anilines is 1. The van der Waals surface area contributed by atoms with Gasteiger partial charge in [0.05, 0.1) is 19.9 Å². The molecule has 150 valence electrons. The fourth-order valence-corrected chi connectivity index (χ4v) is 3.26. The Bertz CT molecular complexity index is 1050. The average Bonchev–Trinajstić information content (AvgIpc) is 3.35. The molecular weight excluding hydrogens is 384 g/mol. The van der Waals surface area contributed by atoms with Crippen molar-refractivity contribution < 1.29 is 27.6 Å². The molecule has 7 nitrogen and oxygen atoms in total. The maximum absolute atomic E-state index is 14.1. The van der Waals surface area contributed by atoms with Crippen LogP contribution in [0.4, 0.5) is 14.5 Å². The lowest BCUT2D eigenvalue weighted by molar-refractivity contribution is -0.117. The molecule has 29 heavy (non-hydrogen) atoms. The number of nitrogens with zero attached hydrogens (tertiary/aromatic N) is 3. The number of benzene rings is 2. The highest BCUT2D eigenvalue weighted by Gasteiger charge is 2.35. The summed E-state index contributed by atoms with van der Waals surface area (Å²) in [5.41, 5.74) is 0.630. The summed E-state index contributed by atoms with van der Waals surface area (Å²) < 4.78 is 43.0. The van der Waals surface area contributed by atoms with Gasteiger partial charge in [-0.1, -0.05) is 5.16 Å². The van der Waals surface area contributed by atoms with Gasteiger partial charge >= 0.3 is 0 Å². The molecule has 3 aromatic rings. The molecule has 2 heterocycles. The summed E-state index contributed by atoms with van der Waals surface area (Å²) in [6.45, 7) is 0.168. The van der Waals surface area contributed by atoms with E-state index < -0.39 is 11.6 Å². The molecule has 1 atom stereocenters. The van der Waals surface area contributed by atoms with Gasteiger partial charge in [0.15, 0.2) is 5.82 Å². The summed E-state index contributed by atoms with van der Waals surface area (Å²) in [4.78, 5) is 18.0. The van der Waals surface area contributed by atoms with E-state index in [-0.39, 0.29) is 36.4 Å². The SMILES string of the molecule is COc1cc(OC)cc(-c2nc(C3CC(=O)N(c4ccc(F)cc4F)C3)no2)c1. The zero-order valence-electron chi connectivity index (χ0n) is 15.7. The molecule has 1 aliphatic heterocycles. The largest absolute Gasteiger partial charge is 0.497 e. The van der Waals surface area contributed by atoms with Gasteiger partial charge in [-0.05, 0) is 24.3 Å². The monoisotopic (exact) mass is 401 g/mol. The number of hydrogen-bond acceptors (Lipinski definition) is 6. The van der Waals surface area contributed by atoms with Crippen molar-refractivity contribution in [3.05, 3.63) is 53.9 Å². The molecule has 1 fully saturated rings. The minimum Gasteiger partial charge on any atom is -0.497 e. The summed E-state index contributed by atoms with van der Waals surface area (Å²) in [6, 6.07) is 8.26. The number of carbonyl (C=O) groups is 1. The van der Waals surface area contributed by atoms with E-state index in [0.717, 1.165) is 12.1 Å². The predicted molar refractivity (Wildman–Crippen MR) is 98.9 cm³/mol. The first kappa shape index (κ1) is 18.9. The molecule has 2 aromatic carbocycles. The Balaban J connectivity index is 1.58. The van der Waals surface area contributed by atoms with E-state index >= 15 is 0 Å². The smallest absolute Gasteiger partial charge is 0.258 e. The first-order valence-corrected chi connectivity index (χ1v) is 8.81. The molecule has 0 spiro atoms. The Morgan fingerprint density at radius 2 is 1.83 bits per heavy atom. The van der Waals surface area contributed by atoms with E-state index in [1.165, 1.54) is 25.2 Å². The van der Waals surface area contributed by atoms with Crippen LogP contribution in [0.2, 0.25) is 0 Å². The van der Waals surface area contributed by atoms with Crippen LogP contribution in [0.3, 0.4) is 0 Å². The summed E-state index contributed by atoms with van der Waals surface area (Å²) >= 11 is 0. The van der Waals surface area contributed by atoms with Crippen LogP contribution in [-0.2, 0) is 4.79 Å². The molecule has 0 N–H and O–H groups in total. The molecule has 0 aliphatic carbocycles. The molecule has 0 saturated carbocycles. The molecule has 1 amide bonds. The first-order valence-electron chi connectivity index (χ1n) is 8.81. The predicted octanol–water partition coefficient (Wildman–Crippen LogP) is 3.55. The fourth-order valence-electron chi connectivity index (χ4n) is 3.26. The van der Waals surface area contributed by atoms with Crippen LogP contribution in [0, 0.1) is 11.6 Å². The summed E-state index contributed by atoms with van der Waals surface area (Å²) in [5, 5.41) is 3.98. The lowest BCUT2D eigenvalue weighted by atomic mass is 10.1. The zero-order valence-corrected chi connectivity index (χ0v) is 15.7. The number of hydrogen-bond donors (Lipinski definition) is 0. The number of aromatic nitrogens is 2. The molecule has 1 aliphatic rings. The second kappa shape index (κ2) is 7.50. The van der Waals surface area contributed by atoms with Gasteiger partial charge in [-0.2, -0.15) is 4.98 Å². The minimum absolute atomic E-state index is 0.0279. The minimum atomic E-state index is -0.795. The third kappa shape index (κ3) is 3.63. The van der Waals surface area contributed by atoms with Crippen molar-refractivity contribution in [1.82, 2.24) is 10.1 Å². The van der Waals surface area contributed by atoms with Gasteiger partial charge in [0.25, 0.3) is 5.89 Å². The molecule has 0 bridgehead atoms. The van der Waals surface area contributed by atoms with Crippen molar-refractivity contribution in [2.24, 2.45) is 0 Å². The van der Waals surface area contributed by atoms with E-state index in [0.29, 0.717) is 22.9 Å². The van der Waals surface area contributed by atoms with Crippen LogP contribution in [-0.4, -0.2) is 36.8 Å². The topological polar surface area (TPSA) is 77.7 Å². The van der Waals surface area contributed by atoms with Crippen LogP contribution in [0.5, 0.6) is 11.5 Å². The lowest BCUT2D eigenvalue weighted by Crippen LogP contribution is -2.25. The summed E-state index contributed by atoms with van der Waals surface area (Å²) in [7, 11) is 3.07. The maximum atomic E-state index is 14.1. The van der Waals surface area contributed by atoms with Gasteiger partial charge < -0.3 is 18.9 Å². The van der Waals surface area contributed by atoms with E-state index in [1.54, 1.807) is 18.2 Å². The number of amides is 1. The Hall–Kier alpha value is -3.49. The molecular formula is C20H17F2N3O4. The van der Waals surface area contributed by atoms with Gasteiger partial charge in [0.1, 0.15) is 23.1 Å². The Morgan fingerprint density at radius 3 is 2.48 bits per heavy atom. The molecule has 1 unspecified atom stereocenters. The van der Waals surface area contributed by atoms with E-state index in [9.17, 15) is 13.6 Å². The molecule has 1 saturated heterocycles. The molecule has 4 rings (SSSR count). The van der Waals surface area contributed by atoms with Crippen LogP contribution in [0.1, 0.15) is 18.2 Å². The third-order valence-corrected chi connectivity index (χ3v) is 4.73. The van der Waals surface area contributed by atoms with Crippen molar-refractivity contribution in [2.75, 3.05) is 25.7 Å². The highest BCUT2D eigenvalue weighted by Crippen LogP contribution is 2.34. The van der Waals surface area contributed by atoms with E-state index in [4.69, 9.17) is 14.0 Å². The van der Waals surface area contributed by atoms with E-state index in [2.05, 4.69) is 10.1 Å². The summed E-state index contributed by atoms with van der Waals surface area (Å²) in [6.07, 6.45) is 0.0945. The summed E-state index contributed by atoms with van der Waals surface area (Å²) in [5.74, 6) is -0.466. The van der Waals surface area contributed by atoms with Gasteiger partial charge in [-0.25, -0.2) is 8.78 Å².